The first-order valence-corrected chi connectivity index (χ1v) is 27.5. The summed E-state index contributed by atoms with van der Waals surface area (Å²) in [7, 11) is 0. The summed E-state index contributed by atoms with van der Waals surface area (Å²) < 4.78 is 20.8. The Morgan fingerprint density at radius 1 is 0.583 bits per heavy atom. The SMILES string of the molecule is C=CCCC(NC(=O)C1CCC(CNC(=O)CCCCCCCCCCCCCCCCCCC(=O)O)CC1)C(=O)O.CC(=O)[C@@H](C)CCCCNC(=O)COCCOCCNC(=O)COCCOCCN. The monoisotopic (exact) mass is 1030 g/mol. The van der Waals surface area contributed by atoms with Gasteiger partial charge in [0, 0.05) is 50.9 Å². The van der Waals surface area contributed by atoms with Crippen LogP contribution in [0.1, 0.15) is 187 Å². The molecule has 0 aliphatic heterocycles. The van der Waals surface area contributed by atoms with Gasteiger partial charge in [-0.1, -0.05) is 109 Å². The average Bonchev–Trinajstić information content (AvgIpc) is 3.35. The number of nitrogens with one attached hydrogen (secondary N) is 4. The van der Waals surface area contributed by atoms with Gasteiger partial charge in [0.05, 0.1) is 39.6 Å². The number of ether oxygens (including phenoxy) is 4. The Balaban J connectivity index is 0.00000148. The Labute approximate surface area is 432 Å². The maximum atomic E-state index is 12.5. The van der Waals surface area contributed by atoms with Crippen molar-refractivity contribution in [3.8, 4) is 0 Å². The highest BCUT2D eigenvalue weighted by atomic mass is 16.5. The Hall–Kier alpha value is -3.97. The number of rotatable bonds is 48. The van der Waals surface area contributed by atoms with Crippen molar-refractivity contribution in [3.05, 3.63) is 12.7 Å². The van der Waals surface area contributed by atoms with Crippen LogP contribution >= 0.6 is 0 Å². The van der Waals surface area contributed by atoms with Gasteiger partial charge < -0.3 is 56.2 Å². The topological polar surface area (TPSA) is 271 Å². The van der Waals surface area contributed by atoms with Gasteiger partial charge in [0.25, 0.3) is 0 Å². The largest absolute Gasteiger partial charge is 0.481 e. The summed E-state index contributed by atoms with van der Waals surface area (Å²) >= 11 is 0. The van der Waals surface area contributed by atoms with E-state index in [4.69, 9.17) is 29.8 Å². The van der Waals surface area contributed by atoms with E-state index < -0.39 is 18.0 Å². The van der Waals surface area contributed by atoms with E-state index >= 15 is 0 Å². The van der Waals surface area contributed by atoms with Gasteiger partial charge >= 0.3 is 11.9 Å². The van der Waals surface area contributed by atoms with E-state index in [0.29, 0.717) is 97.4 Å². The molecule has 4 amide bonds. The van der Waals surface area contributed by atoms with Crippen LogP contribution < -0.4 is 27.0 Å². The molecule has 0 bridgehead atoms. The van der Waals surface area contributed by atoms with Gasteiger partial charge in [0.1, 0.15) is 25.0 Å². The predicted octanol–water partition coefficient (Wildman–Crippen LogP) is 7.19. The molecule has 0 saturated heterocycles. The number of carbonyl (C=O) groups is 7. The third-order valence-corrected chi connectivity index (χ3v) is 12.7. The summed E-state index contributed by atoms with van der Waals surface area (Å²) in [4.78, 5) is 80.9. The Bertz CT molecular complexity index is 1430. The van der Waals surface area contributed by atoms with Crippen molar-refractivity contribution >= 4 is 41.4 Å². The number of carboxylic acid groups (broad SMARTS) is 2. The van der Waals surface area contributed by atoms with Crippen molar-refractivity contribution in [2.24, 2.45) is 23.5 Å². The third-order valence-electron chi connectivity index (χ3n) is 12.7. The number of aliphatic carboxylic acids is 2. The Kier molecular flexibility index (Phi) is 46.5. The molecule has 18 nitrogen and oxygen atoms in total. The number of hydrogen-bond donors (Lipinski definition) is 7. The number of carboxylic acids is 2. The van der Waals surface area contributed by atoms with Gasteiger partial charge in [-0.2, -0.15) is 0 Å². The fourth-order valence-electron chi connectivity index (χ4n) is 8.07. The van der Waals surface area contributed by atoms with Crippen LogP contribution in [0, 0.1) is 17.8 Å². The van der Waals surface area contributed by atoms with Crippen LogP contribution in [0.4, 0.5) is 0 Å². The van der Waals surface area contributed by atoms with E-state index in [1.165, 1.54) is 77.0 Å². The molecule has 1 aliphatic rings. The first kappa shape index (κ1) is 68.0. The summed E-state index contributed by atoms with van der Waals surface area (Å²) in [6.45, 7) is 11.4. The molecule has 418 valence electrons. The zero-order chi connectivity index (χ0) is 53.3. The lowest BCUT2D eigenvalue weighted by molar-refractivity contribution is -0.143. The van der Waals surface area contributed by atoms with E-state index in [1.54, 1.807) is 13.0 Å². The maximum Gasteiger partial charge on any atom is 0.326 e. The lowest BCUT2D eigenvalue weighted by atomic mass is 9.81. The van der Waals surface area contributed by atoms with Gasteiger partial charge in [0.15, 0.2) is 0 Å². The molecule has 1 saturated carbocycles. The van der Waals surface area contributed by atoms with Crippen LogP contribution in [-0.2, 0) is 52.5 Å². The van der Waals surface area contributed by atoms with Gasteiger partial charge in [0.2, 0.25) is 23.6 Å². The van der Waals surface area contributed by atoms with Crippen LogP contribution in [0.25, 0.3) is 0 Å². The highest BCUT2D eigenvalue weighted by Crippen LogP contribution is 2.29. The van der Waals surface area contributed by atoms with E-state index in [2.05, 4.69) is 27.8 Å². The molecule has 0 aromatic carbocycles. The Morgan fingerprint density at radius 3 is 1.56 bits per heavy atom. The molecule has 0 aromatic heterocycles. The molecule has 1 unspecified atom stereocenters. The molecule has 0 radical (unpaired) electrons. The summed E-state index contributed by atoms with van der Waals surface area (Å²) in [6.07, 6.45) is 28.5. The Morgan fingerprint density at radius 2 is 1.07 bits per heavy atom. The number of hydrogen-bond acceptors (Lipinski definition) is 12. The molecule has 2 atom stereocenters. The number of nitrogens with two attached hydrogens (primary N) is 1. The molecular formula is C54H99N5O13. The number of Topliss-reactive ketones (excluding diaryl/α,β-unsaturated/α-hetero) is 1. The third kappa shape index (κ3) is 44.7. The average molecular weight is 1030 g/mol. The summed E-state index contributed by atoms with van der Waals surface area (Å²) in [6, 6.07) is -0.861. The lowest BCUT2D eigenvalue weighted by Crippen LogP contribution is -2.44. The van der Waals surface area contributed by atoms with E-state index in [1.807, 2.05) is 6.92 Å². The minimum Gasteiger partial charge on any atom is -0.481 e. The molecular weight excluding hydrogens is 927 g/mol. The van der Waals surface area contributed by atoms with Crippen LogP contribution in [-0.4, -0.2) is 137 Å². The van der Waals surface area contributed by atoms with Gasteiger partial charge in [-0.15, -0.1) is 6.58 Å². The van der Waals surface area contributed by atoms with Gasteiger partial charge in [-0.3, -0.25) is 28.8 Å². The normalized spacial score (nSPS) is 15.0. The summed E-state index contributed by atoms with van der Waals surface area (Å²) in [5.41, 5.74) is 5.28. The van der Waals surface area contributed by atoms with Crippen molar-refractivity contribution in [1.29, 1.82) is 0 Å². The molecule has 1 rings (SSSR count). The number of carbonyl (C=O) groups excluding carboxylic acids is 5. The molecule has 72 heavy (non-hydrogen) atoms. The molecule has 0 heterocycles. The molecule has 8 N–H and O–H groups in total. The summed E-state index contributed by atoms with van der Waals surface area (Å²) in [5, 5.41) is 29.2. The standard InChI is InChI=1S/C34H60N2O6.C20H39N3O7/c1-2-3-20-30(34(41)42)36-33(40)29-25-23-28(24-26-29)27-35-31(37)21-18-16-14-12-10-8-6-4-5-7-9-11-13-15-17-19-22-32(38)39;1-17(18(2)24)5-3-4-7-22-19(25)15-30-14-12-28-10-8-23-20(26)16-29-13-11-27-9-6-21/h2,28-30H,1,3-27H2,(H,35,37)(H,36,40)(H,38,39)(H,41,42);17H,3-16,21H2,1-2H3,(H,22,25)(H,23,26)/t;17-/m.0/s1. The summed E-state index contributed by atoms with van der Waals surface area (Å²) in [5.74, 6) is -1.60. The number of unbranched alkanes of at least 4 members (excludes halogenated alkanes) is 16. The quantitative estimate of drug-likeness (QED) is 0.0235. The second-order valence-corrected chi connectivity index (χ2v) is 19.2. The minimum absolute atomic E-state index is 0.0176. The number of ketones is 1. The first-order chi connectivity index (χ1) is 34.8. The number of amides is 4. The zero-order valence-electron chi connectivity index (χ0n) is 44.6. The second kappa shape index (κ2) is 49.3. The van der Waals surface area contributed by atoms with Gasteiger partial charge in [-0.25, -0.2) is 4.79 Å². The van der Waals surface area contributed by atoms with Crippen LogP contribution in [0.3, 0.4) is 0 Å². The van der Waals surface area contributed by atoms with Crippen LogP contribution in [0.5, 0.6) is 0 Å². The highest BCUT2D eigenvalue weighted by Gasteiger charge is 2.29. The molecule has 1 aliphatic carbocycles. The van der Waals surface area contributed by atoms with E-state index in [-0.39, 0.29) is 54.5 Å². The van der Waals surface area contributed by atoms with Crippen LogP contribution in [0.2, 0.25) is 0 Å². The fraction of sp³-hybridized carbons (Fsp3) is 0.833. The molecule has 0 aromatic rings. The van der Waals surface area contributed by atoms with E-state index in [0.717, 1.165) is 70.6 Å². The van der Waals surface area contributed by atoms with Crippen molar-refractivity contribution < 1.29 is 62.7 Å². The maximum absolute atomic E-state index is 12.5. The van der Waals surface area contributed by atoms with Crippen molar-refractivity contribution in [2.45, 2.75) is 193 Å². The molecule has 1 fully saturated rings. The first-order valence-electron chi connectivity index (χ1n) is 27.5. The second-order valence-electron chi connectivity index (χ2n) is 19.2. The lowest BCUT2D eigenvalue weighted by Gasteiger charge is -2.28. The number of allylic oxidation sites excluding steroid dienone is 1. The van der Waals surface area contributed by atoms with Crippen molar-refractivity contribution in [2.75, 3.05) is 79.0 Å². The van der Waals surface area contributed by atoms with Crippen molar-refractivity contribution in [3.63, 3.8) is 0 Å². The van der Waals surface area contributed by atoms with Gasteiger partial charge in [-0.05, 0) is 77.0 Å². The predicted molar refractivity (Wildman–Crippen MR) is 280 cm³/mol. The minimum atomic E-state index is -1.00. The highest BCUT2D eigenvalue weighted by molar-refractivity contribution is 5.85. The molecule has 18 heteroatoms. The molecule has 0 spiro atoms. The zero-order valence-corrected chi connectivity index (χ0v) is 44.6. The van der Waals surface area contributed by atoms with E-state index in [9.17, 15) is 38.7 Å². The van der Waals surface area contributed by atoms with Crippen LogP contribution in [0.15, 0.2) is 12.7 Å². The smallest absolute Gasteiger partial charge is 0.326 e. The van der Waals surface area contributed by atoms with Crippen molar-refractivity contribution in [1.82, 2.24) is 21.3 Å². The fourth-order valence-corrected chi connectivity index (χ4v) is 8.07.